The Morgan fingerprint density at radius 2 is 2.06 bits per heavy atom. The van der Waals surface area contributed by atoms with Crippen molar-refractivity contribution < 1.29 is 0 Å². The van der Waals surface area contributed by atoms with Crippen LogP contribution in [0.25, 0.3) is 10.7 Å². The van der Waals surface area contributed by atoms with E-state index in [1.54, 1.807) is 6.07 Å². The molecule has 2 aromatic rings. The highest BCUT2D eigenvalue weighted by Crippen LogP contribution is 2.31. The van der Waals surface area contributed by atoms with Gasteiger partial charge in [0.25, 0.3) is 5.56 Å². The Kier molecular flexibility index (Phi) is 3.67. The second kappa shape index (κ2) is 4.79. The summed E-state index contributed by atoms with van der Waals surface area (Å²) in [6, 6.07) is 3.64. The lowest BCUT2D eigenvalue weighted by molar-refractivity contribution is 0.562. The lowest BCUT2D eigenvalue weighted by atomic mass is 9.92. The lowest BCUT2D eigenvalue weighted by Crippen LogP contribution is -2.22. The van der Waals surface area contributed by atoms with E-state index in [1.165, 1.54) is 11.3 Å². The minimum absolute atomic E-state index is 0.172. The molecule has 0 bridgehead atoms. The van der Waals surface area contributed by atoms with Crippen LogP contribution in [0.4, 0.5) is 0 Å². The second-order valence-electron chi connectivity index (χ2n) is 4.93. The summed E-state index contributed by atoms with van der Waals surface area (Å²) in [5.74, 6) is 0.560. The van der Waals surface area contributed by atoms with Gasteiger partial charge < -0.3 is 4.98 Å². The number of hydrogen-bond donors (Lipinski definition) is 1. The van der Waals surface area contributed by atoms with Gasteiger partial charge in [-0.3, -0.25) is 4.79 Å². The highest BCUT2D eigenvalue weighted by Gasteiger charge is 2.22. The molecule has 0 amide bonds. The first kappa shape index (κ1) is 13.8. The first-order chi connectivity index (χ1) is 8.29. The molecule has 18 heavy (non-hydrogen) atoms. The molecule has 0 aliphatic carbocycles. The first-order valence-corrected chi connectivity index (χ1v) is 7.34. The third kappa shape index (κ3) is 2.68. The van der Waals surface area contributed by atoms with Gasteiger partial charge in [-0.15, -0.1) is 11.3 Å². The van der Waals surface area contributed by atoms with E-state index in [9.17, 15) is 4.79 Å². The van der Waals surface area contributed by atoms with E-state index >= 15 is 0 Å². The zero-order chi connectivity index (χ0) is 13.5. The van der Waals surface area contributed by atoms with Gasteiger partial charge >= 0.3 is 0 Å². The smallest absolute Gasteiger partial charge is 0.265 e. The Morgan fingerprint density at radius 1 is 1.39 bits per heavy atom. The molecule has 0 fully saturated rings. The normalized spacial score (nSPS) is 11.8. The maximum Gasteiger partial charge on any atom is 0.265 e. The van der Waals surface area contributed by atoms with Crippen LogP contribution in [0.15, 0.2) is 21.4 Å². The number of nitrogens with one attached hydrogen (secondary N) is 1. The van der Waals surface area contributed by atoms with Crippen LogP contribution in [-0.2, 0) is 5.41 Å². The van der Waals surface area contributed by atoms with Crippen LogP contribution in [0.5, 0.6) is 0 Å². The summed E-state index contributed by atoms with van der Waals surface area (Å²) in [6.07, 6.45) is 0. The van der Waals surface area contributed by atoms with Gasteiger partial charge in [-0.05, 0) is 28.1 Å². The van der Waals surface area contributed by atoms with Gasteiger partial charge in [0.15, 0.2) is 5.82 Å². The summed E-state index contributed by atoms with van der Waals surface area (Å²) in [5, 5.41) is 0. The zero-order valence-corrected chi connectivity index (χ0v) is 13.3. The molecule has 0 radical (unpaired) electrons. The summed E-state index contributed by atoms with van der Waals surface area (Å²) >= 11 is 10.6. The standard InChI is InChI=1S/C12H12BrClN2OS/c1-12(2,3)9-8(13)11(17)16-10(15-9)6-4-5-7(14)18-6/h4-5H,1-3H3,(H,15,16,17). The van der Waals surface area contributed by atoms with E-state index in [-0.39, 0.29) is 11.0 Å². The molecule has 6 heteroatoms. The van der Waals surface area contributed by atoms with Crippen molar-refractivity contribution in [3.63, 3.8) is 0 Å². The summed E-state index contributed by atoms with van der Waals surface area (Å²) in [4.78, 5) is 20.1. The van der Waals surface area contributed by atoms with Crippen LogP contribution in [0.2, 0.25) is 4.34 Å². The van der Waals surface area contributed by atoms with E-state index < -0.39 is 0 Å². The van der Waals surface area contributed by atoms with Gasteiger partial charge in [-0.25, -0.2) is 4.98 Å². The molecule has 2 aromatic heterocycles. The number of halogens is 2. The Hall–Kier alpha value is -0.650. The number of hydrogen-bond acceptors (Lipinski definition) is 3. The monoisotopic (exact) mass is 346 g/mol. The second-order valence-corrected chi connectivity index (χ2v) is 7.44. The molecule has 0 atom stereocenters. The highest BCUT2D eigenvalue weighted by atomic mass is 79.9. The van der Waals surface area contributed by atoms with Crippen molar-refractivity contribution in [3.05, 3.63) is 37.0 Å². The van der Waals surface area contributed by atoms with Crippen molar-refractivity contribution >= 4 is 38.9 Å². The predicted molar refractivity (Wildman–Crippen MR) is 79.6 cm³/mol. The Labute approximate surface area is 122 Å². The quantitative estimate of drug-likeness (QED) is 0.840. The maximum absolute atomic E-state index is 11.9. The molecule has 2 heterocycles. The van der Waals surface area contributed by atoms with Crippen molar-refractivity contribution in [2.75, 3.05) is 0 Å². The SMILES string of the molecule is CC(C)(C)c1nc(-c2ccc(Cl)s2)[nH]c(=O)c1Br. The van der Waals surface area contributed by atoms with E-state index in [4.69, 9.17) is 11.6 Å². The molecule has 1 N–H and O–H groups in total. The van der Waals surface area contributed by atoms with Gasteiger partial charge in [0.2, 0.25) is 0 Å². The summed E-state index contributed by atoms with van der Waals surface area (Å²) in [6.45, 7) is 6.06. The molecular formula is C12H12BrClN2OS. The largest absolute Gasteiger partial charge is 0.305 e. The van der Waals surface area contributed by atoms with Crippen LogP contribution in [-0.4, -0.2) is 9.97 Å². The third-order valence-corrected chi connectivity index (χ3v) is 4.35. The number of aromatic nitrogens is 2. The molecule has 0 unspecified atom stereocenters. The Bertz CT molecular complexity index is 642. The van der Waals surface area contributed by atoms with Gasteiger partial charge in [-0.1, -0.05) is 32.4 Å². The van der Waals surface area contributed by atoms with Gasteiger partial charge in [0.1, 0.15) is 4.47 Å². The molecule has 96 valence electrons. The number of nitrogens with zero attached hydrogens (tertiary/aromatic N) is 1. The maximum atomic E-state index is 11.9. The first-order valence-electron chi connectivity index (χ1n) is 5.35. The fraction of sp³-hybridized carbons (Fsp3) is 0.333. The van der Waals surface area contributed by atoms with E-state index in [0.717, 1.165) is 10.6 Å². The van der Waals surface area contributed by atoms with Crippen molar-refractivity contribution in [2.45, 2.75) is 26.2 Å². The van der Waals surface area contributed by atoms with E-state index in [1.807, 2.05) is 26.8 Å². The van der Waals surface area contributed by atoms with Gasteiger partial charge in [0.05, 0.1) is 14.9 Å². The fourth-order valence-corrected chi connectivity index (χ4v) is 3.28. The van der Waals surface area contributed by atoms with Crippen LogP contribution < -0.4 is 5.56 Å². The Balaban J connectivity index is 2.65. The van der Waals surface area contributed by atoms with Crippen molar-refractivity contribution in [1.29, 1.82) is 0 Å². The molecule has 2 rings (SSSR count). The summed E-state index contributed by atoms with van der Waals surface area (Å²) < 4.78 is 1.16. The number of H-pyrrole nitrogens is 1. The average Bonchev–Trinajstić information content (AvgIpc) is 2.67. The average molecular weight is 348 g/mol. The van der Waals surface area contributed by atoms with Crippen LogP contribution in [0, 0.1) is 0 Å². The fourth-order valence-electron chi connectivity index (χ4n) is 1.51. The van der Waals surface area contributed by atoms with Crippen LogP contribution >= 0.6 is 38.9 Å². The number of rotatable bonds is 1. The topological polar surface area (TPSA) is 45.8 Å². The molecule has 0 saturated heterocycles. The number of thiophene rings is 1. The van der Waals surface area contributed by atoms with E-state index in [0.29, 0.717) is 14.6 Å². The third-order valence-electron chi connectivity index (χ3n) is 2.38. The lowest BCUT2D eigenvalue weighted by Gasteiger charge is -2.19. The Morgan fingerprint density at radius 3 is 2.56 bits per heavy atom. The van der Waals surface area contributed by atoms with Crippen molar-refractivity contribution in [2.24, 2.45) is 0 Å². The van der Waals surface area contributed by atoms with Gasteiger partial charge in [-0.2, -0.15) is 0 Å². The zero-order valence-electron chi connectivity index (χ0n) is 10.2. The minimum Gasteiger partial charge on any atom is -0.305 e. The molecule has 0 aliphatic heterocycles. The number of aromatic amines is 1. The van der Waals surface area contributed by atoms with Crippen molar-refractivity contribution in [1.82, 2.24) is 9.97 Å². The molecule has 3 nitrogen and oxygen atoms in total. The van der Waals surface area contributed by atoms with Gasteiger partial charge in [0, 0.05) is 5.41 Å². The summed E-state index contributed by atoms with van der Waals surface area (Å²) in [5.41, 5.74) is 0.364. The molecule has 0 spiro atoms. The summed E-state index contributed by atoms with van der Waals surface area (Å²) in [7, 11) is 0. The molecule has 0 aromatic carbocycles. The van der Waals surface area contributed by atoms with Crippen LogP contribution in [0.3, 0.4) is 0 Å². The van der Waals surface area contributed by atoms with Crippen molar-refractivity contribution in [3.8, 4) is 10.7 Å². The minimum atomic E-state index is -0.205. The molecular weight excluding hydrogens is 336 g/mol. The molecule has 0 aliphatic rings. The van der Waals surface area contributed by atoms with Crippen LogP contribution in [0.1, 0.15) is 26.5 Å². The van der Waals surface area contributed by atoms with E-state index in [2.05, 4.69) is 25.9 Å². The predicted octanol–water partition coefficient (Wildman–Crippen LogP) is 4.21. The molecule has 0 saturated carbocycles. The highest BCUT2D eigenvalue weighted by molar-refractivity contribution is 9.10.